The molecule has 8 saturated carbocycles. The van der Waals surface area contributed by atoms with Gasteiger partial charge in [0.05, 0.1) is 0 Å². The summed E-state index contributed by atoms with van der Waals surface area (Å²) in [5.74, 6) is 4.43. The van der Waals surface area contributed by atoms with Crippen LogP contribution in [0.2, 0.25) is 0 Å². The maximum atomic E-state index is 12.0. The minimum Gasteiger partial charge on any atom is -0.355 e. The number of hydrogen-bond acceptors (Lipinski definition) is 5. The molecule has 1 aromatic heterocycles. The zero-order valence-corrected chi connectivity index (χ0v) is 18.9. The lowest BCUT2D eigenvalue weighted by atomic mass is 9.47. The number of carbonyl (C=O) groups excluding carboxylic acids is 1. The minimum absolute atomic E-state index is 0.00903. The van der Waals surface area contributed by atoms with Crippen molar-refractivity contribution < 1.29 is 4.79 Å². The highest BCUT2D eigenvalue weighted by atomic mass is 32.1. The summed E-state index contributed by atoms with van der Waals surface area (Å²) in [4.78, 5) is 12.0. The summed E-state index contributed by atoms with van der Waals surface area (Å²) in [5.41, 5.74) is 0.450. The second-order valence-electron chi connectivity index (χ2n) is 12.4. The molecule has 5 nitrogen and oxygen atoms in total. The van der Waals surface area contributed by atoms with Gasteiger partial charge in [-0.15, -0.1) is 10.2 Å². The second kappa shape index (κ2) is 5.99. The molecule has 0 aliphatic heterocycles. The van der Waals surface area contributed by atoms with Gasteiger partial charge in [0.1, 0.15) is 5.01 Å². The van der Waals surface area contributed by atoms with Crippen LogP contribution >= 0.6 is 11.3 Å². The van der Waals surface area contributed by atoms with Crippen molar-refractivity contribution in [2.45, 2.75) is 100 Å². The first kappa shape index (κ1) is 18.4. The van der Waals surface area contributed by atoms with Gasteiger partial charge in [-0.2, -0.15) is 0 Å². The monoisotopic (exact) mass is 426 g/mol. The van der Waals surface area contributed by atoms with E-state index in [1.807, 2.05) is 11.3 Å². The number of rotatable bonds is 4. The Balaban J connectivity index is 1.16. The van der Waals surface area contributed by atoms with E-state index in [0.29, 0.717) is 5.54 Å². The molecule has 8 bridgehead atoms. The summed E-state index contributed by atoms with van der Waals surface area (Å²) in [6.07, 6.45) is 15.7. The molecule has 162 valence electrons. The standard InChI is InChI=1S/C24H34N4OS/c1-14(29)25-24-11-18-5-19(12-24)7-22(6-18,13-24)20-27-28-21(30-20)26-23-8-15-2-16(9-23)4-17(3-15)10-23/h15-19H,2-13H2,1H3,(H,25,29)(H,26,28). The Hall–Kier alpha value is -1.17. The second-order valence-corrected chi connectivity index (χ2v) is 13.4. The van der Waals surface area contributed by atoms with Crippen LogP contribution in [0.5, 0.6) is 0 Å². The Morgan fingerprint density at radius 1 is 0.833 bits per heavy atom. The molecule has 2 N–H and O–H groups in total. The van der Waals surface area contributed by atoms with Crippen LogP contribution in [0.25, 0.3) is 0 Å². The van der Waals surface area contributed by atoms with Crippen molar-refractivity contribution in [1.29, 1.82) is 0 Å². The van der Waals surface area contributed by atoms with Gasteiger partial charge in [-0.3, -0.25) is 4.79 Å². The summed E-state index contributed by atoms with van der Waals surface area (Å²) >= 11 is 1.84. The van der Waals surface area contributed by atoms with Crippen molar-refractivity contribution in [3.05, 3.63) is 5.01 Å². The maximum absolute atomic E-state index is 12.0. The lowest BCUT2D eigenvalue weighted by molar-refractivity contribution is -0.125. The summed E-state index contributed by atoms with van der Waals surface area (Å²) in [5, 5.41) is 19.2. The van der Waals surface area contributed by atoms with Gasteiger partial charge in [-0.05, 0) is 107 Å². The van der Waals surface area contributed by atoms with Crippen molar-refractivity contribution in [1.82, 2.24) is 15.5 Å². The van der Waals surface area contributed by atoms with Crippen LogP contribution in [0.15, 0.2) is 0 Å². The predicted octanol–water partition coefficient (Wildman–Crippen LogP) is 4.65. The number of nitrogens with one attached hydrogen (secondary N) is 2. The Morgan fingerprint density at radius 3 is 2.00 bits per heavy atom. The van der Waals surface area contributed by atoms with E-state index in [2.05, 4.69) is 10.6 Å². The number of hydrogen-bond donors (Lipinski definition) is 2. The Kier molecular flexibility index (Phi) is 3.68. The average molecular weight is 427 g/mol. The van der Waals surface area contributed by atoms with Gasteiger partial charge >= 0.3 is 0 Å². The number of aromatic nitrogens is 2. The van der Waals surface area contributed by atoms with E-state index in [1.165, 1.54) is 75.6 Å². The van der Waals surface area contributed by atoms with Crippen LogP contribution in [-0.4, -0.2) is 27.2 Å². The normalized spacial score (nSPS) is 50.1. The number of anilines is 1. The minimum atomic E-state index is 0.00903. The molecular weight excluding hydrogens is 392 g/mol. The predicted molar refractivity (Wildman–Crippen MR) is 117 cm³/mol. The summed E-state index contributed by atoms with van der Waals surface area (Å²) in [6, 6.07) is 0. The quantitative estimate of drug-likeness (QED) is 0.736. The molecule has 9 rings (SSSR count). The van der Waals surface area contributed by atoms with Crippen LogP contribution in [-0.2, 0) is 10.2 Å². The van der Waals surface area contributed by atoms with E-state index in [1.54, 1.807) is 6.92 Å². The molecule has 0 radical (unpaired) electrons. The highest BCUT2D eigenvalue weighted by molar-refractivity contribution is 7.15. The van der Waals surface area contributed by atoms with Crippen LogP contribution in [0.4, 0.5) is 5.13 Å². The molecule has 30 heavy (non-hydrogen) atoms. The molecule has 8 fully saturated rings. The van der Waals surface area contributed by atoms with Crippen LogP contribution in [0.3, 0.4) is 0 Å². The molecule has 8 aliphatic carbocycles. The fraction of sp³-hybridized carbons (Fsp3) is 0.875. The summed E-state index contributed by atoms with van der Waals surface area (Å²) < 4.78 is 0. The zero-order chi connectivity index (χ0) is 20.1. The first-order valence-electron chi connectivity index (χ1n) is 12.3. The van der Waals surface area contributed by atoms with E-state index in [0.717, 1.165) is 41.1 Å². The molecule has 6 heteroatoms. The smallest absolute Gasteiger partial charge is 0.217 e. The van der Waals surface area contributed by atoms with Crippen molar-refractivity contribution in [2.24, 2.45) is 29.6 Å². The third kappa shape index (κ3) is 2.74. The van der Waals surface area contributed by atoms with Crippen molar-refractivity contribution in [3.63, 3.8) is 0 Å². The molecule has 0 spiro atoms. The van der Waals surface area contributed by atoms with Crippen LogP contribution < -0.4 is 10.6 Å². The van der Waals surface area contributed by atoms with E-state index < -0.39 is 0 Å². The van der Waals surface area contributed by atoms with Crippen LogP contribution in [0.1, 0.15) is 89.0 Å². The van der Waals surface area contributed by atoms with Gasteiger partial charge in [-0.1, -0.05) is 11.3 Å². The molecule has 1 heterocycles. The number of nitrogens with zero attached hydrogens (tertiary/aromatic N) is 2. The average Bonchev–Trinajstić information content (AvgIpc) is 3.06. The SMILES string of the molecule is CC(=O)NC12CC3CC(C1)CC(c1nnc(NC45CC6CC(CC(C6)C4)C5)s1)(C3)C2. The van der Waals surface area contributed by atoms with E-state index in [9.17, 15) is 4.79 Å². The Morgan fingerprint density at radius 2 is 1.40 bits per heavy atom. The first-order valence-corrected chi connectivity index (χ1v) is 13.1. The maximum Gasteiger partial charge on any atom is 0.217 e. The van der Waals surface area contributed by atoms with E-state index >= 15 is 0 Å². The highest BCUT2D eigenvalue weighted by Gasteiger charge is 2.60. The zero-order valence-electron chi connectivity index (χ0n) is 18.1. The largest absolute Gasteiger partial charge is 0.355 e. The lowest BCUT2D eigenvalue weighted by Gasteiger charge is -2.61. The van der Waals surface area contributed by atoms with E-state index in [4.69, 9.17) is 10.2 Å². The fourth-order valence-corrected chi connectivity index (χ4v) is 11.1. The summed E-state index contributed by atoms with van der Waals surface area (Å²) in [6.45, 7) is 1.68. The molecule has 0 saturated heterocycles. The van der Waals surface area contributed by atoms with Gasteiger partial charge in [0.2, 0.25) is 11.0 Å². The van der Waals surface area contributed by atoms with E-state index in [-0.39, 0.29) is 16.9 Å². The molecule has 0 aromatic carbocycles. The third-order valence-corrected chi connectivity index (χ3v) is 10.9. The highest BCUT2D eigenvalue weighted by Crippen LogP contribution is 2.63. The van der Waals surface area contributed by atoms with Gasteiger partial charge in [0.25, 0.3) is 0 Å². The Labute approximate surface area is 183 Å². The van der Waals surface area contributed by atoms with Crippen molar-refractivity contribution in [2.75, 3.05) is 5.32 Å². The molecular formula is C24H34N4OS. The fourth-order valence-electron chi connectivity index (χ4n) is 10.0. The molecule has 2 unspecified atom stereocenters. The third-order valence-electron chi connectivity index (χ3n) is 9.79. The number of amides is 1. The molecule has 8 aliphatic rings. The molecule has 1 aromatic rings. The Bertz CT molecular complexity index is 844. The van der Waals surface area contributed by atoms with Crippen molar-refractivity contribution >= 4 is 22.4 Å². The molecule has 1 amide bonds. The lowest BCUT2D eigenvalue weighted by Crippen LogP contribution is -2.64. The van der Waals surface area contributed by atoms with Gasteiger partial charge < -0.3 is 10.6 Å². The summed E-state index contributed by atoms with van der Waals surface area (Å²) in [7, 11) is 0. The van der Waals surface area contributed by atoms with Crippen LogP contribution in [0, 0.1) is 29.6 Å². The first-order chi connectivity index (χ1) is 14.4. The van der Waals surface area contributed by atoms with Gasteiger partial charge in [-0.25, -0.2) is 0 Å². The van der Waals surface area contributed by atoms with Gasteiger partial charge in [0.15, 0.2) is 0 Å². The van der Waals surface area contributed by atoms with Gasteiger partial charge in [0, 0.05) is 23.4 Å². The number of carbonyl (C=O) groups is 1. The van der Waals surface area contributed by atoms with Crippen molar-refractivity contribution in [3.8, 4) is 0 Å². The topological polar surface area (TPSA) is 66.9 Å². The molecule has 2 atom stereocenters.